The van der Waals surface area contributed by atoms with E-state index in [0.717, 1.165) is 17.2 Å². The maximum atomic E-state index is 9.10. The van der Waals surface area contributed by atoms with Crippen LogP contribution in [-0.2, 0) is 6.54 Å². The Labute approximate surface area is 76.3 Å². The molecule has 1 N–H and O–H groups in total. The molecule has 70 valence electrons. The van der Waals surface area contributed by atoms with E-state index in [2.05, 4.69) is 10.1 Å². The number of hydrogen-bond acceptors (Lipinski definition) is 4. The van der Waals surface area contributed by atoms with Crippen LogP contribution in [0.5, 0.6) is 0 Å². The van der Waals surface area contributed by atoms with Gasteiger partial charge in [0.2, 0.25) is 5.95 Å². The minimum absolute atomic E-state index is 0.0788. The standard InChI is InChI=1S/C8H12N4O/c1-6-7(4-13)3-12-8(11(6)2)9-5-10-12/h5,13H,3-4H2,1-2H3. The normalized spacial score (nSPS) is 16.4. The second-order valence-electron chi connectivity index (χ2n) is 3.12. The molecule has 0 saturated carbocycles. The van der Waals surface area contributed by atoms with Crippen molar-refractivity contribution < 1.29 is 5.11 Å². The van der Waals surface area contributed by atoms with Gasteiger partial charge in [0.1, 0.15) is 6.33 Å². The second kappa shape index (κ2) is 2.85. The molecule has 1 aromatic rings. The quantitative estimate of drug-likeness (QED) is 0.660. The third kappa shape index (κ3) is 1.12. The Morgan fingerprint density at radius 3 is 3.08 bits per heavy atom. The summed E-state index contributed by atoms with van der Waals surface area (Å²) in [6.45, 7) is 2.70. The van der Waals surface area contributed by atoms with Crippen molar-refractivity contribution in [3.63, 3.8) is 0 Å². The summed E-state index contributed by atoms with van der Waals surface area (Å²) in [7, 11) is 1.92. The zero-order valence-electron chi connectivity index (χ0n) is 7.73. The minimum Gasteiger partial charge on any atom is -0.392 e. The number of hydrogen-bond donors (Lipinski definition) is 1. The van der Waals surface area contributed by atoms with Crippen LogP contribution in [0, 0.1) is 0 Å². The van der Waals surface area contributed by atoms with Gasteiger partial charge in [-0.2, -0.15) is 10.1 Å². The number of aliphatic hydroxyl groups is 1. The third-order valence-corrected chi connectivity index (χ3v) is 2.44. The maximum Gasteiger partial charge on any atom is 0.228 e. The first kappa shape index (κ1) is 8.25. The molecule has 0 aromatic carbocycles. The van der Waals surface area contributed by atoms with Crippen molar-refractivity contribution in [2.24, 2.45) is 0 Å². The number of aliphatic hydroxyl groups excluding tert-OH is 1. The second-order valence-corrected chi connectivity index (χ2v) is 3.12. The van der Waals surface area contributed by atoms with E-state index in [-0.39, 0.29) is 6.61 Å². The molecule has 0 saturated heterocycles. The van der Waals surface area contributed by atoms with Crippen molar-refractivity contribution >= 4 is 5.95 Å². The molecule has 5 nitrogen and oxygen atoms in total. The predicted molar refractivity (Wildman–Crippen MR) is 48.2 cm³/mol. The largest absolute Gasteiger partial charge is 0.392 e. The van der Waals surface area contributed by atoms with E-state index >= 15 is 0 Å². The summed E-state index contributed by atoms with van der Waals surface area (Å²) in [4.78, 5) is 6.05. The fraction of sp³-hybridized carbons (Fsp3) is 0.500. The average Bonchev–Trinajstić information content (AvgIpc) is 2.59. The molecule has 1 aromatic heterocycles. The van der Waals surface area contributed by atoms with Crippen LogP contribution in [0.3, 0.4) is 0 Å². The number of anilines is 1. The molecular weight excluding hydrogens is 168 g/mol. The van der Waals surface area contributed by atoms with Gasteiger partial charge in [-0.15, -0.1) is 0 Å². The van der Waals surface area contributed by atoms with Crippen LogP contribution in [-0.4, -0.2) is 33.5 Å². The van der Waals surface area contributed by atoms with E-state index in [9.17, 15) is 0 Å². The zero-order valence-corrected chi connectivity index (χ0v) is 7.73. The summed E-state index contributed by atoms with van der Waals surface area (Å²) in [5.41, 5.74) is 2.04. The molecule has 0 unspecified atom stereocenters. The minimum atomic E-state index is 0.0788. The molecule has 2 heterocycles. The summed E-state index contributed by atoms with van der Waals surface area (Å²) < 4.78 is 1.78. The molecule has 1 aliphatic rings. The van der Waals surface area contributed by atoms with E-state index < -0.39 is 0 Å². The van der Waals surface area contributed by atoms with Gasteiger partial charge in [-0.3, -0.25) is 0 Å². The maximum absolute atomic E-state index is 9.10. The Morgan fingerprint density at radius 2 is 2.38 bits per heavy atom. The fourth-order valence-electron chi connectivity index (χ4n) is 1.48. The first-order valence-electron chi connectivity index (χ1n) is 4.15. The summed E-state index contributed by atoms with van der Waals surface area (Å²) >= 11 is 0. The Bertz CT molecular complexity index is 355. The van der Waals surface area contributed by atoms with Gasteiger partial charge in [-0.25, -0.2) is 4.68 Å². The number of allylic oxidation sites excluding steroid dienone is 1. The molecule has 0 aliphatic carbocycles. The molecular formula is C8H12N4O. The fourth-order valence-corrected chi connectivity index (χ4v) is 1.48. The lowest BCUT2D eigenvalue weighted by Gasteiger charge is -2.27. The smallest absolute Gasteiger partial charge is 0.228 e. The molecule has 0 bridgehead atoms. The lowest BCUT2D eigenvalue weighted by atomic mass is 10.2. The number of rotatable bonds is 1. The van der Waals surface area contributed by atoms with E-state index in [4.69, 9.17) is 5.11 Å². The monoisotopic (exact) mass is 180 g/mol. The molecule has 2 rings (SSSR count). The van der Waals surface area contributed by atoms with E-state index in [1.54, 1.807) is 4.68 Å². The molecule has 0 radical (unpaired) electrons. The van der Waals surface area contributed by atoms with Crippen LogP contribution >= 0.6 is 0 Å². The molecule has 5 heteroatoms. The molecule has 0 amide bonds. The molecule has 0 spiro atoms. The zero-order chi connectivity index (χ0) is 9.42. The van der Waals surface area contributed by atoms with E-state index in [1.807, 2.05) is 18.9 Å². The number of fused-ring (bicyclic) bond motifs is 1. The lowest BCUT2D eigenvalue weighted by molar-refractivity contribution is 0.319. The summed E-state index contributed by atoms with van der Waals surface area (Å²) in [6, 6.07) is 0. The van der Waals surface area contributed by atoms with Crippen LogP contribution in [0.15, 0.2) is 17.6 Å². The van der Waals surface area contributed by atoms with Crippen LogP contribution in [0.1, 0.15) is 6.92 Å². The predicted octanol–water partition coefficient (Wildman–Crippen LogP) is -0.00580. The Kier molecular flexibility index (Phi) is 1.81. The third-order valence-electron chi connectivity index (χ3n) is 2.44. The average molecular weight is 180 g/mol. The topological polar surface area (TPSA) is 54.2 Å². The van der Waals surface area contributed by atoms with Crippen molar-refractivity contribution in [2.75, 3.05) is 18.6 Å². The highest BCUT2D eigenvalue weighted by atomic mass is 16.3. The van der Waals surface area contributed by atoms with Gasteiger partial charge < -0.3 is 10.0 Å². The highest BCUT2D eigenvalue weighted by Crippen LogP contribution is 2.22. The van der Waals surface area contributed by atoms with Crippen molar-refractivity contribution in [3.05, 3.63) is 17.6 Å². The molecule has 0 fully saturated rings. The molecule has 1 aliphatic heterocycles. The van der Waals surface area contributed by atoms with Gasteiger partial charge in [0, 0.05) is 12.7 Å². The molecule has 0 atom stereocenters. The number of nitrogens with zero attached hydrogens (tertiary/aromatic N) is 4. The molecule has 13 heavy (non-hydrogen) atoms. The summed E-state index contributed by atoms with van der Waals surface area (Å²) in [6.07, 6.45) is 1.53. The van der Waals surface area contributed by atoms with E-state index in [0.29, 0.717) is 6.54 Å². The van der Waals surface area contributed by atoms with Gasteiger partial charge in [-0.05, 0) is 12.5 Å². The summed E-state index contributed by atoms with van der Waals surface area (Å²) in [5.74, 6) is 0.828. The van der Waals surface area contributed by atoms with Gasteiger partial charge in [0.25, 0.3) is 0 Å². The van der Waals surface area contributed by atoms with Crippen LogP contribution in [0.4, 0.5) is 5.95 Å². The van der Waals surface area contributed by atoms with Gasteiger partial charge >= 0.3 is 0 Å². The first-order chi connectivity index (χ1) is 6.24. The van der Waals surface area contributed by atoms with Crippen molar-refractivity contribution in [1.29, 1.82) is 0 Å². The van der Waals surface area contributed by atoms with Gasteiger partial charge in [-0.1, -0.05) is 0 Å². The van der Waals surface area contributed by atoms with Crippen LogP contribution in [0.25, 0.3) is 0 Å². The Balaban J connectivity index is 2.44. The highest BCUT2D eigenvalue weighted by molar-refractivity contribution is 5.43. The van der Waals surface area contributed by atoms with Crippen LogP contribution in [0.2, 0.25) is 0 Å². The van der Waals surface area contributed by atoms with Crippen molar-refractivity contribution in [2.45, 2.75) is 13.5 Å². The highest BCUT2D eigenvalue weighted by Gasteiger charge is 2.20. The first-order valence-corrected chi connectivity index (χ1v) is 4.15. The van der Waals surface area contributed by atoms with Gasteiger partial charge in [0.05, 0.1) is 13.2 Å². The van der Waals surface area contributed by atoms with Crippen LogP contribution < -0.4 is 4.90 Å². The van der Waals surface area contributed by atoms with E-state index in [1.165, 1.54) is 6.33 Å². The SMILES string of the molecule is CC1=C(CO)Cn2ncnc2N1C. The van der Waals surface area contributed by atoms with Gasteiger partial charge in [0.15, 0.2) is 0 Å². The Hall–Kier alpha value is -1.36. The Morgan fingerprint density at radius 1 is 1.62 bits per heavy atom. The van der Waals surface area contributed by atoms with Crippen molar-refractivity contribution in [1.82, 2.24) is 14.8 Å². The number of aromatic nitrogens is 3. The van der Waals surface area contributed by atoms with Crippen molar-refractivity contribution in [3.8, 4) is 0 Å². The summed E-state index contributed by atoms with van der Waals surface area (Å²) in [5, 5.41) is 13.2. The lowest BCUT2D eigenvalue weighted by Crippen LogP contribution is -2.28.